The highest BCUT2D eigenvalue weighted by Crippen LogP contribution is 2.67. The summed E-state index contributed by atoms with van der Waals surface area (Å²) >= 11 is 0. The van der Waals surface area contributed by atoms with E-state index in [1.54, 1.807) is 5.57 Å². The van der Waals surface area contributed by atoms with Crippen molar-refractivity contribution in [2.24, 2.45) is 40.4 Å². The van der Waals surface area contributed by atoms with E-state index in [0.717, 1.165) is 37.5 Å². The molecule has 3 unspecified atom stereocenters. The van der Waals surface area contributed by atoms with Crippen molar-refractivity contribution in [3.63, 3.8) is 0 Å². The van der Waals surface area contributed by atoms with Crippen LogP contribution in [0.15, 0.2) is 11.6 Å². The predicted molar refractivity (Wildman–Crippen MR) is 106 cm³/mol. The zero-order valence-corrected chi connectivity index (χ0v) is 17.7. The maximum atomic E-state index is 12.4. The summed E-state index contributed by atoms with van der Waals surface area (Å²) in [5.74, 6) is 3.16. The number of fused-ring (bicyclic) bond motifs is 5. The molecule has 0 radical (unpaired) electrons. The van der Waals surface area contributed by atoms with Crippen molar-refractivity contribution < 1.29 is 14.3 Å². The lowest BCUT2D eigenvalue weighted by atomic mass is 9.47. The van der Waals surface area contributed by atoms with Crippen LogP contribution in [0.4, 0.5) is 0 Å². The van der Waals surface area contributed by atoms with E-state index in [4.69, 9.17) is 4.74 Å². The number of hydrogen-bond acceptors (Lipinski definition) is 3. The topological polar surface area (TPSA) is 43.4 Å². The molecular formula is C24H36O3. The lowest BCUT2D eigenvalue weighted by Crippen LogP contribution is -2.51. The fourth-order valence-corrected chi connectivity index (χ4v) is 8.19. The van der Waals surface area contributed by atoms with Gasteiger partial charge in [-0.1, -0.05) is 32.4 Å². The van der Waals surface area contributed by atoms with Crippen LogP contribution in [-0.2, 0) is 14.3 Å². The second-order valence-electron chi connectivity index (χ2n) is 10.6. The second-order valence-corrected chi connectivity index (χ2v) is 10.6. The molecule has 0 bridgehead atoms. The van der Waals surface area contributed by atoms with Gasteiger partial charge in [-0.05, 0) is 80.0 Å². The van der Waals surface area contributed by atoms with Crippen LogP contribution in [0.25, 0.3) is 0 Å². The Morgan fingerprint density at radius 3 is 2.52 bits per heavy atom. The van der Waals surface area contributed by atoms with Gasteiger partial charge < -0.3 is 4.74 Å². The van der Waals surface area contributed by atoms with E-state index in [1.165, 1.54) is 26.2 Å². The Morgan fingerprint density at radius 1 is 1.11 bits per heavy atom. The molecule has 150 valence electrons. The number of esters is 1. The summed E-state index contributed by atoms with van der Waals surface area (Å²) in [4.78, 5) is 23.8. The van der Waals surface area contributed by atoms with Gasteiger partial charge in [-0.25, -0.2) is 0 Å². The first kappa shape index (κ1) is 19.2. The van der Waals surface area contributed by atoms with E-state index in [-0.39, 0.29) is 28.8 Å². The minimum Gasteiger partial charge on any atom is -0.462 e. The van der Waals surface area contributed by atoms with Crippen LogP contribution >= 0.6 is 0 Å². The van der Waals surface area contributed by atoms with Gasteiger partial charge in [0.25, 0.3) is 0 Å². The monoisotopic (exact) mass is 372 g/mol. The molecule has 3 nitrogen and oxygen atoms in total. The Labute approximate surface area is 164 Å². The minimum atomic E-state index is -0.151. The van der Waals surface area contributed by atoms with Crippen molar-refractivity contribution >= 4 is 11.8 Å². The maximum Gasteiger partial charge on any atom is 0.302 e. The number of hydrogen-bond donors (Lipinski definition) is 0. The van der Waals surface area contributed by atoms with Gasteiger partial charge in [0.15, 0.2) is 0 Å². The van der Waals surface area contributed by atoms with Gasteiger partial charge in [0.05, 0.1) is 0 Å². The zero-order valence-electron chi connectivity index (χ0n) is 17.7. The number of allylic oxidation sites excluding steroid dienone is 1. The zero-order chi connectivity index (χ0) is 19.6. The van der Waals surface area contributed by atoms with E-state index in [2.05, 4.69) is 26.8 Å². The van der Waals surface area contributed by atoms with Crippen LogP contribution in [0, 0.1) is 40.4 Å². The third kappa shape index (κ3) is 2.83. The number of carbonyl (C=O) groups excluding carboxylic acids is 2. The van der Waals surface area contributed by atoms with E-state index < -0.39 is 0 Å². The molecule has 4 rings (SSSR count). The summed E-state index contributed by atoms with van der Waals surface area (Å²) in [5, 5.41) is 0. The molecule has 3 heteroatoms. The molecule has 27 heavy (non-hydrogen) atoms. The predicted octanol–water partition coefficient (Wildman–Crippen LogP) is 5.33. The molecule has 0 aliphatic heterocycles. The Morgan fingerprint density at radius 2 is 1.85 bits per heavy atom. The molecule has 0 heterocycles. The van der Waals surface area contributed by atoms with E-state index in [0.29, 0.717) is 17.6 Å². The van der Waals surface area contributed by atoms with Crippen molar-refractivity contribution in [3.05, 3.63) is 11.6 Å². The highest BCUT2D eigenvalue weighted by Gasteiger charge is 2.61. The number of ketones is 1. The highest BCUT2D eigenvalue weighted by atomic mass is 16.5. The summed E-state index contributed by atoms with van der Waals surface area (Å²) in [6, 6.07) is 0. The number of rotatable bonds is 2. The summed E-state index contributed by atoms with van der Waals surface area (Å²) in [6.07, 6.45) is 10.4. The average molecular weight is 373 g/mol. The van der Waals surface area contributed by atoms with Gasteiger partial charge in [0.2, 0.25) is 0 Å². The standard InChI is InChI=1S/C24H36O3/c1-14-12-21-19-7-6-17-13-18(27-16(3)26)8-10-23(17,4)20(19)9-11-24(21,5)22(14)15(2)25/h6,14,18-22H,7-13H2,1-5H3/t14-,18+,19?,20?,21?,22-,23+,24+/m1/s1. The molecule has 0 aromatic carbocycles. The van der Waals surface area contributed by atoms with Crippen molar-refractivity contribution in [2.75, 3.05) is 0 Å². The van der Waals surface area contributed by atoms with Gasteiger partial charge in [0.1, 0.15) is 11.9 Å². The Hall–Kier alpha value is -1.12. The number of ether oxygens (including phenoxy) is 1. The molecule has 8 atom stereocenters. The van der Waals surface area contributed by atoms with Crippen LogP contribution in [0.3, 0.4) is 0 Å². The summed E-state index contributed by atoms with van der Waals surface area (Å²) in [7, 11) is 0. The SMILES string of the molecule is CC(=O)O[C@H]1CC[C@@]2(C)C(=CCC3C2CC[C@@]2(C)C3C[C@@H](C)[C@@H]2C(C)=O)C1. The second kappa shape index (κ2) is 6.46. The maximum absolute atomic E-state index is 12.4. The number of carbonyl (C=O) groups is 2. The van der Waals surface area contributed by atoms with Gasteiger partial charge in [-0.3, -0.25) is 9.59 Å². The van der Waals surface area contributed by atoms with Gasteiger partial charge in [-0.2, -0.15) is 0 Å². The van der Waals surface area contributed by atoms with E-state index >= 15 is 0 Å². The van der Waals surface area contributed by atoms with Crippen LogP contribution in [0.5, 0.6) is 0 Å². The summed E-state index contributed by atoms with van der Waals surface area (Å²) in [6.45, 7) is 10.5. The quantitative estimate of drug-likeness (QED) is 0.486. The van der Waals surface area contributed by atoms with Crippen LogP contribution in [0.1, 0.15) is 79.6 Å². The summed E-state index contributed by atoms with van der Waals surface area (Å²) in [5.41, 5.74) is 2.00. The minimum absolute atomic E-state index is 0.0702. The largest absolute Gasteiger partial charge is 0.462 e. The molecule has 3 saturated carbocycles. The molecule has 0 saturated heterocycles. The van der Waals surface area contributed by atoms with Crippen LogP contribution in [0.2, 0.25) is 0 Å². The smallest absolute Gasteiger partial charge is 0.302 e. The van der Waals surface area contributed by atoms with Gasteiger partial charge in [0, 0.05) is 19.3 Å². The molecule has 3 fully saturated rings. The first-order valence-electron chi connectivity index (χ1n) is 11.0. The lowest BCUT2D eigenvalue weighted by Gasteiger charge is -2.58. The van der Waals surface area contributed by atoms with Crippen molar-refractivity contribution in [2.45, 2.75) is 85.7 Å². The normalized spacial score (nSPS) is 48.7. The molecule has 0 aromatic heterocycles. The van der Waals surface area contributed by atoms with Gasteiger partial charge >= 0.3 is 5.97 Å². The first-order chi connectivity index (χ1) is 12.7. The fourth-order valence-electron chi connectivity index (χ4n) is 8.19. The Balaban J connectivity index is 1.61. The molecule has 4 aliphatic carbocycles. The third-order valence-corrected chi connectivity index (χ3v) is 9.17. The van der Waals surface area contributed by atoms with E-state index in [1.807, 2.05) is 6.92 Å². The molecule has 0 N–H and O–H groups in total. The average Bonchev–Trinajstić information content (AvgIpc) is 2.85. The molecule has 0 amide bonds. The van der Waals surface area contributed by atoms with Crippen molar-refractivity contribution in [1.82, 2.24) is 0 Å². The fraction of sp³-hybridized carbons (Fsp3) is 0.833. The molecule has 4 aliphatic rings. The Bertz CT molecular complexity index is 679. The van der Waals surface area contributed by atoms with Crippen molar-refractivity contribution in [1.29, 1.82) is 0 Å². The first-order valence-corrected chi connectivity index (χ1v) is 11.0. The molecule has 0 spiro atoms. The van der Waals surface area contributed by atoms with Crippen molar-refractivity contribution in [3.8, 4) is 0 Å². The van der Waals surface area contributed by atoms with Crippen LogP contribution in [-0.4, -0.2) is 17.9 Å². The summed E-state index contributed by atoms with van der Waals surface area (Å²) < 4.78 is 5.54. The highest BCUT2D eigenvalue weighted by molar-refractivity contribution is 5.80. The Kier molecular flexibility index (Phi) is 4.59. The molecule has 0 aromatic rings. The molecular weight excluding hydrogens is 336 g/mol. The third-order valence-electron chi connectivity index (χ3n) is 9.17. The lowest BCUT2D eigenvalue weighted by molar-refractivity contribution is -0.149. The van der Waals surface area contributed by atoms with E-state index in [9.17, 15) is 9.59 Å². The van der Waals surface area contributed by atoms with Crippen LogP contribution < -0.4 is 0 Å². The number of Topliss-reactive ketones (excluding diaryl/α,β-unsaturated/α-hetero) is 1. The van der Waals surface area contributed by atoms with Gasteiger partial charge in [-0.15, -0.1) is 0 Å².